The van der Waals surface area contributed by atoms with Crippen LogP contribution in [0.5, 0.6) is 0 Å². The molecule has 0 aromatic heterocycles. The molecule has 0 saturated carbocycles. The van der Waals surface area contributed by atoms with Gasteiger partial charge in [-0.3, -0.25) is 0 Å². The van der Waals surface area contributed by atoms with Crippen molar-refractivity contribution in [1.82, 2.24) is 0 Å². The van der Waals surface area contributed by atoms with Crippen LogP contribution in [0.25, 0.3) is 0 Å². The van der Waals surface area contributed by atoms with Gasteiger partial charge in [-0.15, -0.1) is 0 Å². The topological polar surface area (TPSA) is 18.5 Å². The standard InChI is InChI=1S/C11H20O2/c1-8(2)6-9-11(3,4)7-10(12-5)13-9/h6,9-10H,7H2,1-5H3. The van der Waals surface area contributed by atoms with Gasteiger partial charge in [-0.25, -0.2) is 0 Å². The number of rotatable bonds is 2. The minimum atomic E-state index is -0.0319. The fraction of sp³-hybridized carbons (Fsp3) is 0.818. The maximum Gasteiger partial charge on any atom is 0.158 e. The van der Waals surface area contributed by atoms with Crippen molar-refractivity contribution in [3.05, 3.63) is 11.6 Å². The summed E-state index contributed by atoms with van der Waals surface area (Å²) in [5, 5.41) is 0. The molecule has 0 aromatic rings. The van der Waals surface area contributed by atoms with E-state index in [-0.39, 0.29) is 17.8 Å². The lowest BCUT2D eigenvalue weighted by molar-refractivity contribution is -0.106. The minimum absolute atomic E-state index is 0.0319. The SMILES string of the molecule is COC1CC(C)(C)C(C=C(C)C)O1. The predicted octanol–water partition coefficient (Wildman–Crippen LogP) is 2.74. The first kappa shape index (κ1) is 10.7. The molecule has 0 amide bonds. The molecule has 0 spiro atoms. The molecule has 2 heteroatoms. The molecule has 0 N–H and O–H groups in total. The van der Waals surface area contributed by atoms with Gasteiger partial charge in [0, 0.05) is 13.5 Å². The van der Waals surface area contributed by atoms with Gasteiger partial charge in [-0.1, -0.05) is 25.5 Å². The minimum Gasteiger partial charge on any atom is -0.356 e. The van der Waals surface area contributed by atoms with Crippen molar-refractivity contribution in [2.24, 2.45) is 5.41 Å². The number of allylic oxidation sites excluding steroid dienone is 1. The Bertz CT molecular complexity index is 202. The van der Waals surface area contributed by atoms with E-state index in [1.54, 1.807) is 7.11 Å². The third kappa shape index (κ3) is 2.55. The lowest BCUT2D eigenvalue weighted by Gasteiger charge is -2.21. The summed E-state index contributed by atoms with van der Waals surface area (Å²) < 4.78 is 10.9. The summed E-state index contributed by atoms with van der Waals surface area (Å²) in [7, 11) is 1.70. The van der Waals surface area contributed by atoms with E-state index in [1.165, 1.54) is 5.57 Å². The first-order valence-electron chi connectivity index (χ1n) is 4.79. The van der Waals surface area contributed by atoms with Crippen LogP contribution in [0.15, 0.2) is 11.6 Å². The number of ether oxygens (including phenoxy) is 2. The smallest absolute Gasteiger partial charge is 0.158 e. The average molecular weight is 184 g/mol. The fourth-order valence-corrected chi connectivity index (χ4v) is 1.65. The molecule has 1 rings (SSSR count). The first-order chi connectivity index (χ1) is 5.95. The van der Waals surface area contributed by atoms with E-state index in [4.69, 9.17) is 9.47 Å². The summed E-state index contributed by atoms with van der Waals surface area (Å²) in [6.45, 7) is 8.63. The Labute approximate surface area is 80.9 Å². The van der Waals surface area contributed by atoms with Crippen LogP contribution >= 0.6 is 0 Å². The molecule has 1 aliphatic rings. The lowest BCUT2D eigenvalue weighted by atomic mass is 9.84. The van der Waals surface area contributed by atoms with Gasteiger partial charge in [-0.05, 0) is 19.3 Å². The fourth-order valence-electron chi connectivity index (χ4n) is 1.65. The molecule has 76 valence electrons. The third-order valence-corrected chi connectivity index (χ3v) is 2.51. The van der Waals surface area contributed by atoms with Crippen LogP contribution in [0.4, 0.5) is 0 Å². The average Bonchev–Trinajstić information content (AvgIpc) is 2.26. The van der Waals surface area contributed by atoms with E-state index in [1.807, 2.05) is 0 Å². The van der Waals surface area contributed by atoms with E-state index in [2.05, 4.69) is 33.8 Å². The Morgan fingerprint density at radius 3 is 2.46 bits per heavy atom. The van der Waals surface area contributed by atoms with Gasteiger partial charge >= 0.3 is 0 Å². The molecule has 2 atom stereocenters. The van der Waals surface area contributed by atoms with Crippen molar-refractivity contribution < 1.29 is 9.47 Å². The second kappa shape index (κ2) is 3.81. The van der Waals surface area contributed by atoms with E-state index < -0.39 is 0 Å². The van der Waals surface area contributed by atoms with Crippen molar-refractivity contribution in [3.8, 4) is 0 Å². The summed E-state index contributed by atoms with van der Waals surface area (Å²) in [6.07, 6.45) is 3.31. The van der Waals surface area contributed by atoms with Crippen molar-refractivity contribution in [1.29, 1.82) is 0 Å². The Balaban J connectivity index is 2.70. The zero-order valence-corrected chi connectivity index (χ0v) is 9.26. The molecular formula is C11H20O2. The van der Waals surface area contributed by atoms with Crippen LogP contribution in [0.3, 0.4) is 0 Å². The van der Waals surface area contributed by atoms with Crippen LogP contribution in [0.2, 0.25) is 0 Å². The second-order valence-corrected chi connectivity index (χ2v) is 4.66. The quantitative estimate of drug-likeness (QED) is 0.614. The number of hydrogen-bond acceptors (Lipinski definition) is 2. The summed E-state index contributed by atoms with van der Waals surface area (Å²) >= 11 is 0. The lowest BCUT2D eigenvalue weighted by Crippen LogP contribution is -2.22. The largest absolute Gasteiger partial charge is 0.356 e. The van der Waals surface area contributed by atoms with E-state index in [0.29, 0.717) is 0 Å². The highest BCUT2D eigenvalue weighted by atomic mass is 16.7. The highest BCUT2D eigenvalue weighted by Gasteiger charge is 2.40. The van der Waals surface area contributed by atoms with E-state index in [0.717, 1.165) is 6.42 Å². The molecule has 0 aromatic carbocycles. The zero-order valence-electron chi connectivity index (χ0n) is 9.26. The molecule has 2 unspecified atom stereocenters. The van der Waals surface area contributed by atoms with Crippen LogP contribution in [-0.2, 0) is 9.47 Å². The van der Waals surface area contributed by atoms with Gasteiger partial charge in [0.15, 0.2) is 6.29 Å². The highest BCUT2D eigenvalue weighted by Crippen LogP contribution is 2.39. The summed E-state index contributed by atoms with van der Waals surface area (Å²) in [4.78, 5) is 0. The number of methoxy groups -OCH3 is 1. The van der Waals surface area contributed by atoms with Crippen LogP contribution in [0, 0.1) is 5.41 Å². The summed E-state index contributed by atoms with van der Waals surface area (Å²) in [6, 6.07) is 0. The Hall–Kier alpha value is -0.340. The summed E-state index contributed by atoms with van der Waals surface area (Å²) in [5.41, 5.74) is 1.49. The Morgan fingerprint density at radius 1 is 1.46 bits per heavy atom. The van der Waals surface area contributed by atoms with Crippen LogP contribution < -0.4 is 0 Å². The molecule has 2 nitrogen and oxygen atoms in total. The molecule has 0 bridgehead atoms. The first-order valence-corrected chi connectivity index (χ1v) is 4.79. The van der Waals surface area contributed by atoms with Crippen molar-refractivity contribution in [2.75, 3.05) is 7.11 Å². The molecule has 13 heavy (non-hydrogen) atoms. The molecule has 1 heterocycles. The molecule has 0 aliphatic carbocycles. The van der Waals surface area contributed by atoms with Crippen LogP contribution in [-0.4, -0.2) is 19.5 Å². The zero-order chi connectivity index (χ0) is 10.1. The Kier molecular flexibility index (Phi) is 3.14. The molecule has 1 aliphatic heterocycles. The second-order valence-electron chi connectivity index (χ2n) is 4.66. The Morgan fingerprint density at radius 2 is 2.08 bits per heavy atom. The van der Waals surface area contributed by atoms with E-state index in [9.17, 15) is 0 Å². The maximum absolute atomic E-state index is 5.74. The van der Waals surface area contributed by atoms with Gasteiger partial charge in [0.2, 0.25) is 0 Å². The highest BCUT2D eigenvalue weighted by molar-refractivity contribution is 5.05. The number of hydrogen-bond donors (Lipinski definition) is 0. The molecule has 0 radical (unpaired) electrons. The van der Waals surface area contributed by atoms with Crippen molar-refractivity contribution in [3.63, 3.8) is 0 Å². The molecule has 1 saturated heterocycles. The molecular weight excluding hydrogens is 164 g/mol. The van der Waals surface area contributed by atoms with Gasteiger partial charge < -0.3 is 9.47 Å². The van der Waals surface area contributed by atoms with Gasteiger partial charge in [0.1, 0.15) is 0 Å². The van der Waals surface area contributed by atoms with Gasteiger partial charge in [0.05, 0.1) is 6.10 Å². The van der Waals surface area contributed by atoms with Gasteiger partial charge in [-0.2, -0.15) is 0 Å². The maximum atomic E-state index is 5.74. The van der Waals surface area contributed by atoms with Gasteiger partial charge in [0.25, 0.3) is 0 Å². The monoisotopic (exact) mass is 184 g/mol. The van der Waals surface area contributed by atoms with E-state index >= 15 is 0 Å². The van der Waals surface area contributed by atoms with Crippen molar-refractivity contribution in [2.45, 2.75) is 46.5 Å². The predicted molar refractivity (Wildman–Crippen MR) is 53.5 cm³/mol. The molecule has 1 fully saturated rings. The van der Waals surface area contributed by atoms with Crippen molar-refractivity contribution >= 4 is 0 Å². The van der Waals surface area contributed by atoms with Crippen LogP contribution in [0.1, 0.15) is 34.1 Å². The normalized spacial score (nSPS) is 31.8. The third-order valence-electron chi connectivity index (χ3n) is 2.51. The summed E-state index contributed by atoms with van der Waals surface area (Å²) in [5.74, 6) is 0.